The predicted molar refractivity (Wildman–Crippen MR) is 66.6 cm³/mol. The molecule has 0 saturated heterocycles. The van der Waals surface area contributed by atoms with Crippen LogP contribution in [0.4, 0.5) is 0 Å². The summed E-state index contributed by atoms with van der Waals surface area (Å²) in [5.74, 6) is -0.237. The van der Waals surface area contributed by atoms with Crippen molar-refractivity contribution in [1.29, 1.82) is 0 Å². The fourth-order valence-corrected chi connectivity index (χ4v) is 1.32. The zero-order valence-corrected chi connectivity index (χ0v) is 11.4. The smallest absolute Gasteiger partial charge is 0.307 e. The molecule has 5 nitrogen and oxygen atoms in total. The van der Waals surface area contributed by atoms with Crippen molar-refractivity contribution in [3.05, 3.63) is 0 Å². The van der Waals surface area contributed by atoms with Crippen molar-refractivity contribution in [2.75, 3.05) is 13.7 Å². The number of hydrogen-bond donors (Lipinski definition) is 2. The molecule has 0 saturated carbocycles. The lowest BCUT2D eigenvalue weighted by molar-refractivity contribution is -0.141. The van der Waals surface area contributed by atoms with Gasteiger partial charge in [-0.05, 0) is 27.7 Å². The molecule has 0 radical (unpaired) electrons. The molecule has 1 amide bonds. The van der Waals surface area contributed by atoms with Crippen LogP contribution in [0.1, 0.15) is 40.5 Å². The number of hydrogen-bond acceptors (Lipinski definition) is 4. The van der Waals surface area contributed by atoms with Crippen LogP contribution in [0, 0.1) is 0 Å². The predicted octanol–water partition coefficient (Wildman–Crippen LogP) is 0.832. The van der Waals surface area contributed by atoms with E-state index in [0.717, 1.165) is 0 Å². The highest BCUT2D eigenvalue weighted by atomic mass is 16.5. The van der Waals surface area contributed by atoms with Gasteiger partial charge in [-0.25, -0.2) is 0 Å². The van der Waals surface area contributed by atoms with Gasteiger partial charge in [0.05, 0.1) is 13.5 Å². The van der Waals surface area contributed by atoms with Crippen molar-refractivity contribution in [3.8, 4) is 0 Å². The van der Waals surface area contributed by atoms with Crippen molar-refractivity contribution in [1.82, 2.24) is 10.6 Å². The van der Waals surface area contributed by atoms with Crippen LogP contribution in [0.25, 0.3) is 0 Å². The molecule has 0 aromatic heterocycles. The third kappa shape index (κ3) is 9.81. The summed E-state index contributed by atoms with van der Waals surface area (Å²) in [7, 11) is 1.37. The van der Waals surface area contributed by atoms with E-state index in [2.05, 4.69) is 15.4 Å². The molecule has 0 aliphatic rings. The number of ether oxygens (including phenoxy) is 1. The molecule has 0 aromatic rings. The van der Waals surface area contributed by atoms with E-state index < -0.39 is 0 Å². The van der Waals surface area contributed by atoms with Gasteiger partial charge >= 0.3 is 5.97 Å². The molecule has 100 valence electrons. The zero-order chi connectivity index (χ0) is 13.5. The van der Waals surface area contributed by atoms with Crippen LogP contribution >= 0.6 is 0 Å². The van der Waals surface area contributed by atoms with Gasteiger partial charge in [-0.15, -0.1) is 0 Å². The van der Waals surface area contributed by atoms with Gasteiger partial charge in [-0.1, -0.05) is 0 Å². The van der Waals surface area contributed by atoms with Gasteiger partial charge in [0.1, 0.15) is 0 Å². The summed E-state index contributed by atoms with van der Waals surface area (Å²) >= 11 is 0. The third-order valence-corrected chi connectivity index (χ3v) is 2.06. The average molecular weight is 244 g/mol. The molecule has 1 atom stereocenters. The molecule has 0 fully saturated rings. The highest BCUT2D eigenvalue weighted by Crippen LogP contribution is 1.99. The first-order chi connectivity index (χ1) is 7.74. The van der Waals surface area contributed by atoms with Crippen molar-refractivity contribution < 1.29 is 14.3 Å². The van der Waals surface area contributed by atoms with Crippen molar-refractivity contribution in [3.63, 3.8) is 0 Å². The molecule has 0 heterocycles. The lowest BCUT2D eigenvalue weighted by Crippen LogP contribution is -2.42. The number of carbonyl (C=O) groups is 2. The van der Waals surface area contributed by atoms with Crippen LogP contribution in [0.15, 0.2) is 0 Å². The highest BCUT2D eigenvalue weighted by Gasteiger charge is 2.14. The monoisotopic (exact) mass is 244 g/mol. The summed E-state index contributed by atoms with van der Waals surface area (Å²) in [4.78, 5) is 22.4. The van der Waals surface area contributed by atoms with Crippen LogP contribution in [-0.2, 0) is 14.3 Å². The fraction of sp³-hybridized carbons (Fsp3) is 0.833. The first kappa shape index (κ1) is 15.9. The third-order valence-electron chi connectivity index (χ3n) is 2.06. The molecule has 0 aliphatic carbocycles. The normalized spacial score (nSPS) is 13.0. The minimum absolute atomic E-state index is 0.00951. The molecule has 0 aromatic carbocycles. The van der Waals surface area contributed by atoms with Crippen molar-refractivity contribution in [2.45, 2.75) is 52.1 Å². The highest BCUT2D eigenvalue weighted by molar-refractivity contribution is 5.76. The molecular formula is C12H24N2O3. The molecule has 0 bridgehead atoms. The van der Waals surface area contributed by atoms with Gasteiger partial charge < -0.3 is 15.4 Å². The quantitative estimate of drug-likeness (QED) is 0.679. The van der Waals surface area contributed by atoms with Gasteiger partial charge in [0.25, 0.3) is 0 Å². The number of methoxy groups -OCH3 is 1. The first-order valence-corrected chi connectivity index (χ1v) is 5.86. The van der Waals surface area contributed by atoms with Crippen LogP contribution in [0.5, 0.6) is 0 Å². The Labute approximate surface area is 103 Å². The summed E-state index contributed by atoms with van der Waals surface area (Å²) in [6, 6.07) is 0.0184. The summed E-state index contributed by atoms with van der Waals surface area (Å²) in [5, 5.41) is 5.98. The molecule has 0 aliphatic heterocycles. The standard InChI is InChI=1S/C12H24N2O3/c1-9(8-11(16)17-5)13-7-6-10(15)14-12(2,3)4/h9,13H,6-8H2,1-5H3,(H,14,15). The Morgan fingerprint density at radius 3 is 2.35 bits per heavy atom. The van der Waals surface area contributed by atoms with E-state index >= 15 is 0 Å². The van der Waals surface area contributed by atoms with Gasteiger partial charge in [0.15, 0.2) is 0 Å². The molecule has 0 spiro atoms. The Bertz CT molecular complexity index is 259. The number of amides is 1. The second-order valence-electron chi connectivity index (χ2n) is 5.18. The Kier molecular flexibility index (Phi) is 6.80. The van der Waals surface area contributed by atoms with E-state index in [4.69, 9.17) is 0 Å². The molecule has 5 heteroatoms. The van der Waals surface area contributed by atoms with Crippen molar-refractivity contribution in [2.24, 2.45) is 0 Å². The summed E-state index contributed by atoms with van der Waals surface area (Å²) < 4.78 is 4.56. The minimum atomic E-state index is -0.246. The van der Waals surface area contributed by atoms with Crippen LogP contribution in [0.3, 0.4) is 0 Å². The fourth-order valence-electron chi connectivity index (χ4n) is 1.32. The minimum Gasteiger partial charge on any atom is -0.469 e. The molecule has 1 unspecified atom stereocenters. The molecule has 2 N–H and O–H groups in total. The largest absolute Gasteiger partial charge is 0.469 e. The molecular weight excluding hydrogens is 220 g/mol. The Balaban J connectivity index is 3.70. The molecule has 0 rings (SSSR count). The van der Waals surface area contributed by atoms with E-state index in [1.807, 2.05) is 27.7 Å². The van der Waals surface area contributed by atoms with Crippen LogP contribution in [0.2, 0.25) is 0 Å². The Morgan fingerprint density at radius 2 is 1.88 bits per heavy atom. The van der Waals surface area contributed by atoms with E-state index in [1.54, 1.807) is 0 Å². The van der Waals surface area contributed by atoms with E-state index in [9.17, 15) is 9.59 Å². The van der Waals surface area contributed by atoms with Crippen LogP contribution in [-0.4, -0.2) is 37.1 Å². The SMILES string of the molecule is COC(=O)CC(C)NCCC(=O)NC(C)(C)C. The summed E-state index contributed by atoms with van der Waals surface area (Å²) in [5.41, 5.74) is -0.200. The lowest BCUT2D eigenvalue weighted by Gasteiger charge is -2.20. The Morgan fingerprint density at radius 1 is 1.29 bits per heavy atom. The van der Waals surface area contributed by atoms with E-state index in [-0.39, 0.29) is 23.5 Å². The summed E-state index contributed by atoms with van der Waals surface area (Å²) in [6.45, 7) is 8.27. The average Bonchev–Trinajstić information content (AvgIpc) is 2.14. The number of rotatable bonds is 6. The topological polar surface area (TPSA) is 67.4 Å². The first-order valence-electron chi connectivity index (χ1n) is 5.86. The second-order valence-corrected chi connectivity index (χ2v) is 5.18. The maximum absolute atomic E-state index is 11.5. The number of nitrogens with one attached hydrogen (secondary N) is 2. The number of esters is 1. The number of carbonyl (C=O) groups excluding carboxylic acids is 2. The Hall–Kier alpha value is -1.10. The molecule has 17 heavy (non-hydrogen) atoms. The second kappa shape index (κ2) is 7.27. The van der Waals surface area contributed by atoms with Crippen LogP contribution < -0.4 is 10.6 Å². The van der Waals surface area contributed by atoms with Crippen molar-refractivity contribution >= 4 is 11.9 Å². The van der Waals surface area contributed by atoms with E-state index in [0.29, 0.717) is 19.4 Å². The van der Waals surface area contributed by atoms with Gasteiger partial charge in [0, 0.05) is 24.5 Å². The van der Waals surface area contributed by atoms with Gasteiger partial charge in [-0.2, -0.15) is 0 Å². The zero-order valence-electron chi connectivity index (χ0n) is 11.4. The lowest BCUT2D eigenvalue weighted by atomic mass is 10.1. The maximum atomic E-state index is 11.5. The van der Waals surface area contributed by atoms with Gasteiger partial charge in [0.2, 0.25) is 5.91 Å². The summed E-state index contributed by atoms with van der Waals surface area (Å²) in [6.07, 6.45) is 0.722. The maximum Gasteiger partial charge on any atom is 0.307 e. The van der Waals surface area contributed by atoms with Gasteiger partial charge in [-0.3, -0.25) is 9.59 Å². The van der Waals surface area contributed by atoms with E-state index in [1.165, 1.54) is 7.11 Å².